The van der Waals surface area contributed by atoms with Crippen molar-refractivity contribution in [3.8, 4) is 0 Å². The number of anilines is 1. The van der Waals surface area contributed by atoms with E-state index >= 15 is 0 Å². The minimum atomic E-state index is -1.51. The largest absolute Gasteiger partial charge is 0.384 e. The molecule has 1 aromatic carbocycles. The van der Waals surface area contributed by atoms with Crippen LogP contribution in [0.15, 0.2) is 24.3 Å². The molecule has 7 heteroatoms. The second-order valence-electron chi connectivity index (χ2n) is 7.16. The number of benzene rings is 1. The van der Waals surface area contributed by atoms with Crippen molar-refractivity contribution in [2.75, 3.05) is 25.2 Å². The third kappa shape index (κ3) is 2.05. The fraction of sp³-hybridized carbons (Fsp3) is 0.500. The normalized spacial score (nSPS) is 26.9. The van der Waals surface area contributed by atoms with E-state index in [1.165, 1.54) is 4.90 Å². The first-order chi connectivity index (χ1) is 12.0. The van der Waals surface area contributed by atoms with Crippen LogP contribution in [0.25, 0.3) is 0 Å². The molecule has 1 saturated carbocycles. The van der Waals surface area contributed by atoms with Crippen molar-refractivity contribution < 1.29 is 19.1 Å². The lowest BCUT2D eigenvalue weighted by molar-refractivity contribution is -0.136. The van der Waals surface area contributed by atoms with Gasteiger partial charge in [0.15, 0.2) is 0 Å². The second kappa shape index (κ2) is 5.29. The molecule has 0 unspecified atom stereocenters. The standard InChI is InChI=1S/C18H21N3O4/c1-25-11-17(8-9-17)12-3-5-13(6-4-12)21-15(23)18(14(19)22)7-2-10-20(18)16(21)24/h3-6H,2,7-11H2,1H3,(H2,19,22)/t18-/m0/s1. The van der Waals surface area contributed by atoms with Crippen molar-refractivity contribution in [1.29, 1.82) is 0 Å². The molecule has 2 saturated heterocycles. The number of primary amides is 1. The molecule has 0 aromatic heterocycles. The van der Waals surface area contributed by atoms with Crippen molar-refractivity contribution >= 4 is 23.5 Å². The Labute approximate surface area is 145 Å². The fourth-order valence-electron chi connectivity index (χ4n) is 4.19. The van der Waals surface area contributed by atoms with Gasteiger partial charge >= 0.3 is 6.03 Å². The van der Waals surface area contributed by atoms with Crippen molar-refractivity contribution in [3.05, 3.63) is 29.8 Å². The Morgan fingerprint density at radius 1 is 1.20 bits per heavy atom. The van der Waals surface area contributed by atoms with Gasteiger partial charge < -0.3 is 15.4 Å². The molecule has 2 N–H and O–H groups in total. The van der Waals surface area contributed by atoms with Gasteiger partial charge in [-0.2, -0.15) is 0 Å². The highest BCUT2D eigenvalue weighted by Gasteiger charge is 2.63. The number of hydrogen-bond donors (Lipinski definition) is 1. The highest BCUT2D eigenvalue weighted by Crippen LogP contribution is 2.49. The molecule has 2 heterocycles. The van der Waals surface area contributed by atoms with Gasteiger partial charge in [-0.15, -0.1) is 0 Å². The quantitative estimate of drug-likeness (QED) is 0.641. The molecule has 4 rings (SSSR count). The Kier molecular flexibility index (Phi) is 3.40. The average molecular weight is 343 g/mol. The van der Waals surface area contributed by atoms with Gasteiger partial charge in [-0.3, -0.25) is 9.59 Å². The highest BCUT2D eigenvalue weighted by atomic mass is 16.5. The van der Waals surface area contributed by atoms with E-state index in [1.807, 2.05) is 12.1 Å². The summed E-state index contributed by atoms with van der Waals surface area (Å²) in [7, 11) is 1.69. The van der Waals surface area contributed by atoms with E-state index in [0.717, 1.165) is 23.3 Å². The van der Waals surface area contributed by atoms with Gasteiger partial charge in [-0.1, -0.05) is 12.1 Å². The van der Waals surface area contributed by atoms with Gasteiger partial charge in [0, 0.05) is 19.1 Å². The number of carbonyl (C=O) groups is 3. The number of carbonyl (C=O) groups excluding carboxylic acids is 3. The first-order valence-corrected chi connectivity index (χ1v) is 8.52. The fourth-order valence-corrected chi connectivity index (χ4v) is 4.19. The first-order valence-electron chi connectivity index (χ1n) is 8.52. The maximum absolute atomic E-state index is 12.9. The van der Waals surface area contributed by atoms with Crippen molar-refractivity contribution in [3.63, 3.8) is 0 Å². The monoisotopic (exact) mass is 343 g/mol. The van der Waals surface area contributed by atoms with Gasteiger partial charge in [0.05, 0.1) is 12.3 Å². The Bertz CT molecular complexity index is 756. The van der Waals surface area contributed by atoms with Gasteiger partial charge in [-0.25, -0.2) is 9.69 Å². The third-order valence-corrected chi connectivity index (χ3v) is 5.78. The van der Waals surface area contributed by atoms with Crippen LogP contribution < -0.4 is 10.6 Å². The number of methoxy groups -OCH3 is 1. The number of rotatable bonds is 5. The summed E-state index contributed by atoms with van der Waals surface area (Å²) in [6.45, 7) is 1.03. The Balaban J connectivity index is 1.66. The maximum atomic E-state index is 12.9. The number of imide groups is 1. The second-order valence-corrected chi connectivity index (χ2v) is 7.16. The molecule has 1 aromatic rings. The van der Waals surface area contributed by atoms with Crippen LogP contribution in [-0.2, 0) is 19.7 Å². The topological polar surface area (TPSA) is 92.9 Å². The van der Waals surface area contributed by atoms with Crippen molar-refractivity contribution in [2.45, 2.75) is 36.6 Å². The van der Waals surface area contributed by atoms with Gasteiger partial charge in [-0.05, 0) is 43.4 Å². The van der Waals surface area contributed by atoms with Crippen LogP contribution in [-0.4, -0.2) is 48.5 Å². The summed E-state index contributed by atoms with van der Waals surface area (Å²) in [6.07, 6.45) is 3.03. The van der Waals surface area contributed by atoms with Crippen LogP contribution in [0.4, 0.5) is 10.5 Å². The molecule has 0 spiro atoms. The summed E-state index contributed by atoms with van der Waals surface area (Å²) < 4.78 is 5.30. The number of nitrogens with zero attached hydrogens (tertiary/aromatic N) is 2. The predicted molar refractivity (Wildman–Crippen MR) is 90.0 cm³/mol. The molecule has 2 aliphatic heterocycles. The van der Waals surface area contributed by atoms with Crippen LogP contribution in [0.1, 0.15) is 31.2 Å². The Morgan fingerprint density at radius 2 is 1.88 bits per heavy atom. The summed E-state index contributed by atoms with van der Waals surface area (Å²) in [5, 5.41) is 0. The molecule has 1 aliphatic carbocycles. The molecular weight excluding hydrogens is 322 g/mol. The van der Waals surface area contributed by atoms with E-state index in [2.05, 4.69) is 0 Å². The zero-order valence-electron chi connectivity index (χ0n) is 14.2. The van der Waals surface area contributed by atoms with Crippen LogP contribution in [0.3, 0.4) is 0 Å². The molecule has 3 fully saturated rings. The number of ether oxygens (including phenoxy) is 1. The molecule has 1 atom stereocenters. The van der Waals surface area contributed by atoms with E-state index in [-0.39, 0.29) is 5.41 Å². The van der Waals surface area contributed by atoms with Crippen LogP contribution in [0, 0.1) is 0 Å². The first kappa shape index (κ1) is 16.1. The van der Waals surface area contributed by atoms with Gasteiger partial charge in [0.25, 0.3) is 11.8 Å². The SMILES string of the molecule is COCC1(c2ccc(N3C(=O)N4CCC[C@]4(C(N)=O)C3=O)cc2)CC1. The van der Waals surface area contributed by atoms with E-state index in [1.54, 1.807) is 19.2 Å². The van der Waals surface area contributed by atoms with E-state index in [4.69, 9.17) is 10.5 Å². The lowest BCUT2D eigenvalue weighted by atomic mass is 9.94. The summed E-state index contributed by atoms with van der Waals surface area (Å²) in [6, 6.07) is 6.92. The zero-order valence-corrected chi connectivity index (χ0v) is 14.2. The Morgan fingerprint density at radius 3 is 2.40 bits per heavy atom. The van der Waals surface area contributed by atoms with Crippen LogP contribution >= 0.6 is 0 Å². The smallest absolute Gasteiger partial charge is 0.332 e. The maximum Gasteiger partial charge on any atom is 0.332 e. The molecule has 132 valence electrons. The van der Waals surface area contributed by atoms with E-state index < -0.39 is 23.4 Å². The molecule has 0 bridgehead atoms. The van der Waals surface area contributed by atoms with Crippen LogP contribution in [0.5, 0.6) is 0 Å². The summed E-state index contributed by atoms with van der Waals surface area (Å²) in [5.74, 6) is -1.28. The summed E-state index contributed by atoms with van der Waals surface area (Å²) in [4.78, 5) is 40.0. The van der Waals surface area contributed by atoms with E-state index in [0.29, 0.717) is 31.7 Å². The molecule has 25 heavy (non-hydrogen) atoms. The van der Waals surface area contributed by atoms with Crippen molar-refractivity contribution in [1.82, 2.24) is 4.90 Å². The number of fused-ring (bicyclic) bond motifs is 1. The molecule has 4 amide bonds. The number of amides is 4. The Hall–Kier alpha value is -2.41. The third-order valence-electron chi connectivity index (χ3n) is 5.78. The lowest BCUT2D eigenvalue weighted by Gasteiger charge is -2.23. The minimum absolute atomic E-state index is 0.0563. The summed E-state index contributed by atoms with van der Waals surface area (Å²) in [5.41, 5.74) is 5.66. The van der Waals surface area contributed by atoms with Crippen molar-refractivity contribution in [2.24, 2.45) is 5.73 Å². The van der Waals surface area contributed by atoms with Gasteiger partial charge in [0.2, 0.25) is 5.54 Å². The highest BCUT2D eigenvalue weighted by molar-refractivity contribution is 6.31. The zero-order chi connectivity index (χ0) is 17.8. The number of hydrogen-bond acceptors (Lipinski definition) is 4. The molecule has 3 aliphatic rings. The average Bonchev–Trinajstić information content (AvgIpc) is 3.17. The summed E-state index contributed by atoms with van der Waals surface area (Å²) >= 11 is 0. The van der Waals surface area contributed by atoms with E-state index in [9.17, 15) is 14.4 Å². The minimum Gasteiger partial charge on any atom is -0.384 e. The van der Waals surface area contributed by atoms with Crippen LogP contribution in [0.2, 0.25) is 0 Å². The van der Waals surface area contributed by atoms with Gasteiger partial charge in [0.1, 0.15) is 0 Å². The molecule has 0 radical (unpaired) electrons. The lowest BCUT2D eigenvalue weighted by Crippen LogP contribution is -2.55. The predicted octanol–water partition coefficient (Wildman–Crippen LogP) is 1.15. The number of nitrogens with two attached hydrogens (primary N) is 1. The number of urea groups is 1. The molecule has 7 nitrogen and oxygen atoms in total. The molecular formula is C18H21N3O4.